The van der Waals surface area contributed by atoms with Crippen molar-refractivity contribution in [3.05, 3.63) is 6.58 Å². The second-order valence-corrected chi connectivity index (χ2v) is 1.84. The zero-order valence-corrected chi connectivity index (χ0v) is 5.52. The van der Waals surface area contributed by atoms with Crippen LogP contribution in [0.15, 0.2) is 11.6 Å². The quantitative estimate of drug-likeness (QED) is 0.483. The van der Waals surface area contributed by atoms with E-state index in [0.29, 0.717) is 0 Å². The van der Waals surface area contributed by atoms with E-state index in [0.717, 1.165) is 13.1 Å². The van der Waals surface area contributed by atoms with Gasteiger partial charge in [-0.3, -0.25) is 0 Å². The van der Waals surface area contributed by atoms with Gasteiger partial charge in [0.25, 0.3) is 0 Å². The van der Waals surface area contributed by atoms with Gasteiger partial charge in [0.15, 0.2) is 0 Å². The molecule has 0 saturated carbocycles. The normalized spacial score (nSPS) is 8.88. The van der Waals surface area contributed by atoms with Crippen molar-refractivity contribution in [3.63, 3.8) is 0 Å². The van der Waals surface area contributed by atoms with Crippen LogP contribution in [-0.2, 0) is 0 Å². The summed E-state index contributed by atoms with van der Waals surface area (Å²) in [6.45, 7) is 5.12. The summed E-state index contributed by atoms with van der Waals surface area (Å²) in [7, 11) is 4.03. The highest BCUT2D eigenvalue weighted by Crippen LogP contribution is 1.72. The Labute approximate surface area is 50.5 Å². The molecule has 0 aliphatic heterocycles. The molecule has 0 aliphatic rings. The Kier molecular flexibility index (Phi) is 4.23. The van der Waals surface area contributed by atoms with Gasteiger partial charge in [-0.1, -0.05) is 0 Å². The van der Waals surface area contributed by atoms with Crippen LogP contribution in [0.1, 0.15) is 0 Å². The van der Waals surface area contributed by atoms with Crippen molar-refractivity contribution in [2.45, 2.75) is 0 Å². The molecular weight excluding hydrogens is 100 g/mol. The molecule has 0 radical (unpaired) electrons. The maximum absolute atomic E-state index is 3.81. The third kappa shape index (κ3) is 5.41. The molecule has 0 bridgehead atoms. The predicted octanol–water partition coefficient (Wildman–Crippen LogP) is 0.404. The third-order valence-electron chi connectivity index (χ3n) is 0.771. The second kappa shape index (κ2) is 4.57. The van der Waals surface area contributed by atoms with E-state index < -0.39 is 0 Å². The fourth-order valence-corrected chi connectivity index (χ4v) is 0.329. The van der Waals surface area contributed by atoms with E-state index >= 15 is 0 Å². The zero-order chi connectivity index (χ0) is 6.41. The lowest BCUT2D eigenvalue weighted by Gasteiger charge is -2.03. The minimum Gasteiger partial charge on any atom is -0.308 e. The Morgan fingerprint density at radius 2 is 2.25 bits per heavy atom. The van der Waals surface area contributed by atoms with Gasteiger partial charge in [0, 0.05) is 6.54 Å². The van der Waals surface area contributed by atoms with Gasteiger partial charge in [0.2, 0.25) is 0 Å². The van der Waals surface area contributed by atoms with Crippen molar-refractivity contribution in [1.82, 2.24) is 4.90 Å². The van der Waals surface area contributed by atoms with Crippen LogP contribution < -0.4 is 0 Å². The predicted molar refractivity (Wildman–Crippen MR) is 36.5 cm³/mol. The molecule has 0 saturated heterocycles. The molecule has 0 fully saturated rings. The van der Waals surface area contributed by atoms with Crippen LogP contribution in [0.3, 0.4) is 0 Å². The van der Waals surface area contributed by atoms with Crippen LogP contribution in [0.5, 0.6) is 0 Å². The van der Waals surface area contributed by atoms with Crippen LogP contribution >= 0.6 is 0 Å². The minimum absolute atomic E-state index is 0.802. The molecule has 0 spiro atoms. The van der Waals surface area contributed by atoms with E-state index in [1.165, 1.54) is 0 Å². The lowest BCUT2D eigenvalue weighted by atomic mass is 10.6. The molecule has 0 heterocycles. The van der Waals surface area contributed by atoms with E-state index in [4.69, 9.17) is 0 Å². The molecule has 0 aliphatic carbocycles. The Morgan fingerprint density at radius 1 is 1.62 bits per heavy atom. The average Bonchev–Trinajstić information content (AvgIpc) is 1.66. The maximum atomic E-state index is 3.81. The van der Waals surface area contributed by atoms with Crippen LogP contribution in [-0.4, -0.2) is 38.0 Å². The van der Waals surface area contributed by atoms with Crippen molar-refractivity contribution >= 4 is 5.87 Å². The van der Waals surface area contributed by atoms with Gasteiger partial charge in [-0.2, -0.15) is 0 Å². The topological polar surface area (TPSA) is 15.6 Å². The number of hydrogen-bond acceptors (Lipinski definition) is 2. The molecule has 0 amide bonds. The molecule has 0 N–H and O–H groups in total. The maximum Gasteiger partial charge on any atom is 0.0610 e. The lowest BCUT2D eigenvalue weighted by Crippen LogP contribution is -2.15. The molecule has 0 atom stereocenters. The summed E-state index contributed by atoms with van der Waals surface area (Å²) < 4.78 is 0. The third-order valence-corrected chi connectivity index (χ3v) is 0.771. The number of likely N-dealkylation sites (N-methyl/N-ethyl adjacent to an activating group) is 1. The number of hydrogen-bond donors (Lipinski definition) is 0. The SMILES string of the molecule is C=C=NCCN(C)C. The first-order valence-corrected chi connectivity index (χ1v) is 2.60. The first kappa shape index (κ1) is 7.41. The summed E-state index contributed by atoms with van der Waals surface area (Å²) in [6, 6.07) is 0. The summed E-state index contributed by atoms with van der Waals surface area (Å²) in [6.07, 6.45) is 0. The molecule has 0 aromatic heterocycles. The second-order valence-electron chi connectivity index (χ2n) is 1.84. The Bertz CT molecular complexity index is 90.7. The molecular formula is C6H12N2. The van der Waals surface area contributed by atoms with Gasteiger partial charge in [0.1, 0.15) is 0 Å². The van der Waals surface area contributed by atoms with Crippen molar-refractivity contribution in [1.29, 1.82) is 0 Å². The molecule has 2 heteroatoms. The zero-order valence-electron chi connectivity index (χ0n) is 5.52. The molecule has 0 aromatic rings. The molecule has 0 unspecified atom stereocenters. The monoisotopic (exact) mass is 112 g/mol. The summed E-state index contributed by atoms with van der Waals surface area (Å²) in [5.41, 5.74) is 0. The Morgan fingerprint density at radius 3 is 2.62 bits per heavy atom. The Balaban J connectivity index is 3.05. The van der Waals surface area contributed by atoms with Gasteiger partial charge in [-0.15, -0.1) is 0 Å². The van der Waals surface area contributed by atoms with Gasteiger partial charge in [-0.05, 0) is 26.5 Å². The van der Waals surface area contributed by atoms with E-state index in [9.17, 15) is 0 Å². The molecule has 0 rings (SSSR count). The van der Waals surface area contributed by atoms with Gasteiger partial charge >= 0.3 is 0 Å². The highest BCUT2D eigenvalue weighted by Gasteiger charge is 1.82. The summed E-state index contributed by atoms with van der Waals surface area (Å²) in [5, 5.41) is 0. The van der Waals surface area contributed by atoms with Crippen molar-refractivity contribution in [2.75, 3.05) is 27.2 Å². The summed E-state index contributed by atoms with van der Waals surface area (Å²) in [4.78, 5) is 5.88. The van der Waals surface area contributed by atoms with Crippen molar-refractivity contribution < 1.29 is 0 Å². The van der Waals surface area contributed by atoms with Crippen LogP contribution in [0, 0.1) is 0 Å². The van der Waals surface area contributed by atoms with E-state index in [2.05, 4.69) is 22.3 Å². The van der Waals surface area contributed by atoms with Gasteiger partial charge < -0.3 is 4.90 Å². The highest BCUT2D eigenvalue weighted by molar-refractivity contribution is 5.46. The van der Waals surface area contributed by atoms with Gasteiger partial charge in [-0.25, -0.2) is 4.99 Å². The summed E-state index contributed by atoms with van der Waals surface area (Å²) >= 11 is 0. The standard InChI is InChI=1S/C6H12N2/c1-4-7-5-6-8(2)3/h1,5-6H2,2-3H3. The highest BCUT2D eigenvalue weighted by atomic mass is 15.1. The fourth-order valence-electron chi connectivity index (χ4n) is 0.329. The molecule has 46 valence electrons. The number of rotatable bonds is 3. The minimum atomic E-state index is 0.802. The van der Waals surface area contributed by atoms with Gasteiger partial charge in [0.05, 0.1) is 6.54 Å². The van der Waals surface area contributed by atoms with Crippen molar-refractivity contribution in [2.24, 2.45) is 4.99 Å². The smallest absolute Gasteiger partial charge is 0.0610 e. The van der Waals surface area contributed by atoms with E-state index in [1.54, 1.807) is 0 Å². The first-order valence-electron chi connectivity index (χ1n) is 2.60. The average molecular weight is 112 g/mol. The molecule has 0 aromatic carbocycles. The number of aliphatic imine (C=N–C) groups is 1. The van der Waals surface area contributed by atoms with Crippen LogP contribution in [0.2, 0.25) is 0 Å². The fraction of sp³-hybridized carbons (Fsp3) is 0.667. The molecule has 2 nitrogen and oxygen atoms in total. The van der Waals surface area contributed by atoms with Crippen LogP contribution in [0.4, 0.5) is 0 Å². The first-order chi connectivity index (χ1) is 3.77. The van der Waals surface area contributed by atoms with E-state index in [1.807, 2.05) is 14.1 Å². The van der Waals surface area contributed by atoms with E-state index in [-0.39, 0.29) is 0 Å². The summed E-state index contributed by atoms with van der Waals surface area (Å²) in [5.74, 6) is 2.47. The molecule has 8 heavy (non-hydrogen) atoms. The largest absolute Gasteiger partial charge is 0.308 e. The number of nitrogens with zero attached hydrogens (tertiary/aromatic N) is 2. The lowest BCUT2D eigenvalue weighted by molar-refractivity contribution is 0.421. The van der Waals surface area contributed by atoms with Crippen LogP contribution in [0.25, 0.3) is 0 Å². The van der Waals surface area contributed by atoms with Crippen molar-refractivity contribution in [3.8, 4) is 0 Å². The Hall–Kier alpha value is -0.590.